The number of likely N-dealkylation sites (tertiary alicyclic amines) is 1. The maximum atomic E-state index is 11.9. The van der Waals surface area contributed by atoms with Crippen molar-refractivity contribution in [1.82, 2.24) is 9.62 Å². The lowest BCUT2D eigenvalue weighted by molar-refractivity contribution is 0.215. The van der Waals surface area contributed by atoms with Crippen LogP contribution in [-0.2, 0) is 10.0 Å². The second-order valence-corrected chi connectivity index (χ2v) is 7.47. The summed E-state index contributed by atoms with van der Waals surface area (Å²) < 4.78 is 26.5. The number of sulfonamides is 1. The van der Waals surface area contributed by atoms with E-state index >= 15 is 0 Å². The van der Waals surface area contributed by atoms with Crippen molar-refractivity contribution in [2.75, 3.05) is 19.6 Å². The fraction of sp³-hybridized carbons (Fsp3) is 0.909. The minimum absolute atomic E-state index is 0.00710. The molecule has 0 spiro atoms. The highest BCUT2D eigenvalue weighted by Gasteiger charge is 2.25. The van der Waals surface area contributed by atoms with Gasteiger partial charge in [-0.25, -0.2) is 13.1 Å². The highest BCUT2D eigenvalue weighted by atomic mass is 32.2. The van der Waals surface area contributed by atoms with Crippen LogP contribution < -0.4 is 10.5 Å². The van der Waals surface area contributed by atoms with Crippen molar-refractivity contribution in [3.63, 3.8) is 0 Å². The molecule has 0 saturated carbocycles. The fourth-order valence-electron chi connectivity index (χ4n) is 2.10. The molecular weight excluding hydrogens is 270 g/mol. The number of thiocarbonyl (C=S) groups is 1. The van der Waals surface area contributed by atoms with Gasteiger partial charge in [0.05, 0.1) is 4.99 Å². The van der Waals surface area contributed by atoms with Crippen molar-refractivity contribution in [2.45, 2.75) is 44.4 Å². The van der Waals surface area contributed by atoms with Gasteiger partial charge in [-0.2, -0.15) is 0 Å². The predicted molar refractivity (Wildman–Crippen MR) is 78.1 cm³/mol. The van der Waals surface area contributed by atoms with E-state index in [1.807, 2.05) is 6.92 Å². The van der Waals surface area contributed by atoms with Crippen LogP contribution in [0.1, 0.15) is 33.1 Å². The summed E-state index contributed by atoms with van der Waals surface area (Å²) >= 11 is 4.73. The maximum absolute atomic E-state index is 11.9. The number of rotatable bonds is 6. The molecule has 2 atom stereocenters. The Hall–Kier alpha value is -0.240. The smallest absolute Gasteiger partial charge is 0.221 e. The van der Waals surface area contributed by atoms with Crippen LogP contribution in [0.3, 0.4) is 0 Å². The van der Waals surface area contributed by atoms with E-state index in [0.717, 1.165) is 19.6 Å². The molecule has 3 N–H and O–H groups in total. The zero-order chi connectivity index (χ0) is 13.8. The van der Waals surface area contributed by atoms with E-state index in [-0.39, 0.29) is 11.0 Å². The number of nitrogens with one attached hydrogen (secondary N) is 1. The van der Waals surface area contributed by atoms with Crippen LogP contribution in [0.4, 0.5) is 0 Å². The van der Waals surface area contributed by atoms with Gasteiger partial charge in [0.2, 0.25) is 10.0 Å². The molecule has 0 aromatic rings. The van der Waals surface area contributed by atoms with Crippen LogP contribution >= 0.6 is 12.2 Å². The quantitative estimate of drug-likeness (QED) is 0.696. The minimum atomic E-state index is -3.45. The van der Waals surface area contributed by atoms with Crippen LogP contribution in [0.25, 0.3) is 0 Å². The first kappa shape index (κ1) is 15.8. The van der Waals surface area contributed by atoms with Crippen LogP contribution in [0.15, 0.2) is 0 Å². The number of hydrogen-bond donors (Lipinski definition) is 2. The lowest BCUT2D eigenvalue weighted by Crippen LogP contribution is -2.48. The third-order valence-electron chi connectivity index (χ3n) is 3.21. The number of nitrogens with two attached hydrogens (primary N) is 1. The highest BCUT2D eigenvalue weighted by Crippen LogP contribution is 2.09. The zero-order valence-electron chi connectivity index (χ0n) is 11.1. The summed E-state index contributed by atoms with van der Waals surface area (Å²) in [5.41, 5.74) is 5.38. The summed E-state index contributed by atoms with van der Waals surface area (Å²) in [7, 11) is -3.45. The lowest BCUT2D eigenvalue weighted by atomic mass is 10.1. The van der Waals surface area contributed by atoms with Crippen molar-refractivity contribution < 1.29 is 8.42 Å². The Morgan fingerprint density at radius 1 is 1.33 bits per heavy atom. The van der Waals surface area contributed by atoms with Crippen molar-refractivity contribution in [3.8, 4) is 0 Å². The average Bonchev–Trinajstić information content (AvgIpc) is 2.28. The lowest BCUT2D eigenvalue weighted by Gasteiger charge is -2.29. The molecule has 1 aliphatic heterocycles. The SMILES string of the molecule is CC(CN1CCCCC1)NS(=O)(=O)C(C)C(N)=S. The molecule has 0 bridgehead atoms. The molecule has 5 nitrogen and oxygen atoms in total. The molecular formula is C11H23N3O2S2. The normalized spacial score (nSPS) is 21.4. The Balaban J connectivity index is 2.48. The van der Waals surface area contributed by atoms with Gasteiger partial charge >= 0.3 is 0 Å². The second-order valence-electron chi connectivity index (χ2n) is 4.97. The van der Waals surface area contributed by atoms with Crippen LogP contribution in [-0.4, -0.2) is 49.2 Å². The Labute approximate surface area is 115 Å². The second kappa shape index (κ2) is 6.79. The van der Waals surface area contributed by atoms with Gasteiger partial charge in [-0.05, 0) is 39.8 Å². The number of piperidine rings is 1. The van der Waals surface area contributed by atoms with Gasteiger partial charge in [-0.15, -0.1) is 0 Å². The van der Waals surface area contributed by atoms with Crippen molar-refractivity contribution >= 4 is 27.2 Å². The van der Waals surface area contributed by atoms with Gasteiger partial charge in [0.1, 0.15) is 5.25 Å². The van der Waals surface area contributed by atoms with Gasteiger partial charge in [0.25, 0.3) is 0 Å². The Kier molecular flexibility index (Phi) is 5.97. The predicted octanol–water partition coefficient (Wildman–Crippen LogP) is 0.455. The molecule has 18 heavy (non-hydrogen) atoms. The van der Waals surface area contributed by atoms with Crippen molar-refractivity contribution in [2.24, 2.45) is 5.73 Å². The summed E-state index contributed by atoms with van der Waals surface area (Å²) in [6.45, 7) is 6.23. The van der Waals surface area contributed by atoms with E-state index < -0.39 is 15.3 Å². The monoisotopic (exact) mass is 293 g/mol. The molecule has 1 aliphatic rings. The summed E-state index contributed by atoms with van der Waals surface area (Å²) in [6, 6.07) is -0.120. The molecule has 0 aromatic heterocycles. The van der Waals surface area contributed by atoms with Gasteiger partial charge in [0.15, 0.2) is 0 Å². The topological polar surface area (TPSA) is 75.4 Å². The average molecular weight is 293 g/mol. The van der Waals surface area contributed by atoms with Crippen LogP contribution in [0.2, 0.25) is 0 Å². The third kappa shape index (κ3) is 4.79. The maximum Gasteiger partial charge on any atom is 0.221 e. The molecule has 0 radical (unpaired) electrons. The van der Waals surface area contributed by atoms with E-state index in [2.05, 4.69) is 9.62 Å². The molecule has 1 fully saturated rings. The first-order chi connectivity index (χ1) is 8.33. The Morgan fingerprint density at radius 2 is 1.89 bits per heavy atom. The third-order valence-corrected chi connectivity index (χ3v) is 5.63. The summed E-state index contributed by atoms with van der Waals surface area (Å²) in [6.07, 6.45) is 3.67. The van der Waals surface area contributed by atoms with Gasteiger partial charge < -0.3 is 10.6 Å². The zero-order valence-corrected chi connectivity index (χ0v) is 12.7. The number of nitrogens with zero attached hydrogens (tertiary/aromatic N) is 1. The largest absolute Gasteiger partial charge is 0.392 e. The Bertz CT molecular complexity index is 378. The van der Waals surface area contributed by atoms with E-state index in [1.54, 1.807) is 0 Å². The summed E-state index contributed by atoms with van der Waals surface area (Å²) in [5, 5.41) is -0.823. The molecule has 1 heterocycles. The van der Waals surface area contributed by atoms with Crippen molar-refractivity contribution in [3.05, 3.63) is 0 Å². The van der Waals surface area contributed by atoms with E-state index in [1.165, 1.54) is 26.2 Å². The molecule has 0 amide bonds. The van der Waals surface area contributed by atoms with Crippen LogP contribution in [0.5, 0.6) is 0 Å². The summed E-state index contributed by atoms with van der Waals surface area (Å²) in [4.78, 5) is 2.30. The van der Waals surface area contributed by atoms with Gasteiger partial charge in [0, 0.05) is 12.6 Å². The van der Waals surface area contributed by atoms with Crippen LogP contribution in [0, 0.1) is 0 Å². The first-order valence-electron chi connectivity index (χ1n) is 6.35. The molecule has 7 heteroatoms. The number of hydrogen-bond acceptors (Lipinski definition) is 4. The minimum Gasteiger partial charge on any atom is -0.392 e. The molecule has 2 unspecified atom stereocenters. The molecule has 1 rings (SSSR count). The van der Waals surface area contributed by atoms with E-state index in [9.17, 15) is 8.42 Å². The fourth-order valence-corrected chi connectivity index (χ4v) is 3.63. The first-order valence-corrected chi connectivity index (χ1v) is 8.31. The van der Waals surface area contributed by atoms with Gasteiger partial charge in [-0.3, -0.25) is 0 Å². The van der Waals surface area contributed by atoms with E-state index in [4.69, 9.17) is 18.0 Å². The van der Waals surface area contributed by atoms with Gasteiger partial charge in [-0.1, -0.05) is 18.6 Å². The standard InChI is InChI=1S/C11H23N3O2S2/c1-9(8-14-6-4-3-5-7-14)13-18(15,16)10(2)11(12)17/h9-10,13H,3-8H2,1-2H3,(H2,12,17). The van der Waals surface area contributed by atoms with E-state index in [0.29, 0.717) is 0 Å². The van der Waals surface area contributed by atoms with Crippen molar-refractivity contribution in [1.29, 1.82) is 0 Å². The molecule has 1 saturated heterocycles. The molecule has 106 valence electrons. The summed E-state index contributed by atoms with van der Waals surface area (Å²) in [5.74, 6) is 0. The highest BCUT2D eigenvalue weighted by molar-refractivity contribution is 7.93. The molecule has 0 aliphatic carbocycles. The molecule has 0 aromatic carbocycles. The Morgan fingerprint density at radius 3 is 2.39 bits per heavy atom.